The van der Waals surface area contributed by atoms with Crippen LogP contribution in [0.1, 0.15) is 0 Å². The van der Waals surface area contributed by atoms with Crippen LogP contribution in [0.2, 0.25) is 0 Å². The highest BCUT2D eigenvalue weighted by Gasteiger charge is 2.17. The van der Waals surface area contributed by atoms with Crippen molar-refractivity contribution in [2.45, 2.75) is 0 Å². The molecule has 3 heterocycles. The van der Waals surface area contributed by atoms with Crippen molar-refractivity contribution in [1.29, 1.82) is 0 Å². The van der Waals surface area contributed by atoms with E-state index in [4.69, 9.17) is 14.5 Å². The van der Waals surface area contributed by atoms with Crippen molar-refractivity contribution in [2.75, 3.05) is 19.5 Å². The van der Waals surface area contributed by atoms with Crippen molar-refractivity contribution >= 4 is 33.6 Å². The molecule has 182 valence electrons. The molecule has 0 radical (unpaired) electrons. The van der Waals surface area contributed by atoms with Gasteiger partial charge in [0.2, 0.25) is 5.95 Å². The molecule has 0 aliphatic carbocycles. The molecule has 6 rings (SSSR count). The van der Waals surface area contributed by atoms with E-state index in [9.17, 15) is 4.79 Å². The van der Waals surface area contributed by atoms with E-state index in [1.807, 2.05) is 72.8 Å². The Morgan fingerprint density at radius 2 is 1.62 bits per heavy atom. The number of aromatic nitrogens is 5. The molecule has 0 unspecified atom stereocenters. The van der Waals surface area contributed by atoms with Crippen molar-refractivity contribution in [3.8, 4) is 28.3 Å². The number of aromatic amines is 1. The van der Waals surface area contributed by atoms with Gasteiger partial charge in [0, 0.05) is 18.1 Å². The third-order valence-electron chi connectivity index (χ3n) is 6.16. The number of pyridine rings is 1. The molecule has 0 bridgehead atoms. The van der Waals surface area contributed by atoms with Gasteiger partial charge >= 0.3 is 0 Å². The summed E-state index contributed by atoms with van der Waals surface area (Å²) in [6.07, 6.45) is 3.28. The van der Waals surface area contributed by atoms with Gasteiger partial charge in [-0.1, -0.05) is 24.3 Å². The summed E-state index contributed by atoms with van der Waals surface area (Å²) in [4.78, 5) is 22.9. The lowest BCUT2D eigenvalue weighted by atomic mass is 10.0. The average molecular weight is 491 g/mol. The first kappa shape index (κ1) is 22.3. The smallest absolute Gasteiger partial charge is 0.267 e. The number of rotatable bonds is 6. The number of hydrogen-bond donors (Lipinski definition) is 2. The van der Waals surface area contributed by atoms with Crippen LogP contribution in [0.4, 0.5) is 11.6 Å². The normalized spacial score (nSPS) is 11.1. The van der Waals surface area contributed by atoms with Crippen LogP contribution < -0.4 is 20.3 Å². The molecule has 3 aromatic carbocycles. The highest BCUT2D eigenvalue weighted by Crippen LogP contribution is 2.28. The summed E-state index contributed by atoms with van der Waals surface area (Å²) in [5.74, 6) is 1.85. The number of hydrogen-bond acceptors (Lipinski definition) is 7. The molecular weight excluding hydrogens is 468 g/mol. The van der Waals surface area contributed by atoms with Crippen LogP contribution in [-0.4, -0.2) is 39.0 Å². The molecule has 0 saturated heterocycles. The summed E-state index contributed by atoms with van der Waals surface area (Å²) in [5, 5.41) is 11.4. The van der Waals surface area contributed by atoms with E-state index >= 15 is 0 Å². The van der Waals surface area contributed by atoms with Gasteiger partial charge in [0.05, 0.1) is 30.7 Å². The van der Waals surface area contributed by atoms with E-state index in [1.165, 1.54) is 0 Å². The largest absolute Gasteiger partial charge is 0.497 e. The third-order valence-corrected chi connectivity index (χ3v) is 6.16. The van der Waals surface area contributed by atoms with Crippen molar-refractivity contribution in [2.24, 2.45) is 0 Å². The zero-order valence-corrected chi connectivity index (χ0v) is 20.1. The minimum absolute atomic E-state index is 0.229. The zero-order chi connectivity index (χ0) is 25.4. The number of nitrogens with one attached hydrogen (secondary N) is 2. The average Bonchev–Trinajstić information content (AvgIpc) is 3.44. The Labute approximate surface area is 211 Å². The van der Waals surface area contributed by atoms with E-state index in [1.54, 1.807) is 31.2 Å². The fraction of sp³-hybridized carbons (Fsp3) is 0.0714. The summed E-state index contributed by atoms with van der Waals surface area (Å²) in [5.41, 5.74) is 4.11. The summed E-state index contributed by atoms with van der Waals surface area (Å²) in [6, 6.07) is 23.0. The monoisotopic (exact) mass is 490 g/mol. The van der Waals surface area contributed by atoms with E-state index in [-0.39, 0.29) is 5.56 Å². The summed E-state index contributed by atoms with van der Waals surface area (Å²) in [6.45, 7) is 0. The van der Waals surface area contributed by atoms with Crippen LogP contribution in [0, 0.1) is 0 Å². The van der Waals surface area contributed by atoms with Crippen molar-refractivity contribution in [3.63, 3.8) is 0 Å². The van der Waals surface area contributed by atoms with Crippen LogP contribution in [0.5, 0.6) is 11.5 Å². The number of methoxy groups -OCH3 is 2. The quantitative estimate of drug-likeness (QED) is 0.335. The molecule has 37 heavy (non-hydrogen) atoms. The summed E-state index contributed by atoms with van der Waals surface area (Å²) < 4.78 is 12.2. The minimum Gasteiger partial charge on any atom is -0.497 e. The molecule has 0 atom stereocenters. The van der Waals surface area contributed by atoms with Gasteiger partial charge in [0.15, 0.2) is 5.65 Å². The van der Waals surface area contributed by atoms with Gasteiger partial charge < -0.3 is 14.8 Å². The van der Waals surface area contributed by atoms with Gasteiger partial charge in [-0.2, -0.15) is 10.1 Å². The molecule has 0 saturated carbocycles. The standard InChI is InChI=1S/C28H22N6O3/c1-36-21-11-9-19(10-12-21)31-28-29-15-23-25-24(16-30-33-25)27(35)34(26(23)32-28)20-7-3-5-17(13-20)18-6-4-8-22(14-18)37-2/h3-16H,1-2H3,(H,30,33)(H,29,31,32). The molecule has 0 aliphatic rings. The SMILES string of the molecule is COc1ccc(Nc2ncc3c4n[nH]cc4c(=O)n(-c4cccc(-c5cccc(OC)c5)c4)c3n2)cc1. The first-order chi connectivity index (χ1) is 18.1. The van der Waals surface area contributed by atoms with Gasteiger partial charge in [-0.3, -0.25) is 14.5 Å². The molecule has 0 spiro atoms. The number of ether oxygens (including phenoxy) is 2. The molecule has 3 aromatic heterocycles. The number of anilines is 2. The Bertz CT molecular complexity index is 1810. The Kier molecular flexibility index (Phi) is 5.49. The predicted molar refractivity (Wildman–Crippen MR) is 143 cm³/mol. The van der Waals surface area contributed by atoms with Crippen molar-refractivity contribution in [1.82, 2.24) is 24.7 Å². The van der Waals surface area contributed by atoms with E-state index in [2.05, 4.69) is 20.5 Å². The van der Waals surface area contributed by atoms with Crippen LogP contribution in [0.25, 0.3) is 38.8 Å². The van der Waals surface area contributed by atoms with Crippen LogP contribution in [0.15, 0.2) is 90.0 Å². The molecule has 2 N–H and O–H groups in total. The maximum Gasteiger partial charge on any atom is 0.267 e. The number of H-pyrrole nitrogens is 1. The topological polar surface area (TPSA) is 107 Å². The van der Waals surface area contributed by atoms with E-state index in [0.717, 1.165) is 28.3 Å². The number of fused-ring (bicyclic) bond motifs is 3. The Morgan fingerprint density at radius 3 is 2.41 bits per heavy atom. The zero-order valence-electron chi connectivity index (χ0n) is 20.1. The Balaban J connectivity index is 1.52. The highest BCUT2D eigenvalue weighted by molar-refractivity contribution is 6.02. The lowest BCUT2D eigenvalue weighted by Gasteiger charge is -2.13. The molecule has 9 heteroatoms. The molecular formula is C28H22N6O3. The van der Waals surface area contributed by atoms with Crippen LogP contribution in [-0.2, 0) is 0 Å². The lowest BCUT2D eigenvalue weighted by molar-refractivity contribution is 0.415. The molecule has 9 nitrogen and oxygen atoms in total. The molecule has 6 aromatic rings. The maximum atomic E-state index is 13.7. The van der Waals surface area contributed by atoms with E-state index < -0.39 is 0 Å². The third kappa shape index (κ3) is 4.02. The van der Waals surface area contributed by atoms with Gasteiger partial charge in [-0.05, 0) is 59.7 Å². The van der Waals surface area contributed by atoms with Gasteiger partial charge in [-0.15, -0.1) is 0 Å². The second kappa shape index (κ2) is 9.12. The van der Waals surface area contributed by atoms with Gasteiger partial charge in [0.1, 0.15) is 17.0 Å². The maximum absolute atomic E-state index is 13.7. The van der Waals surface area contributed by atoms with Gasteiger partial charge in [-0.25, -0.2) is 4.98 Å². The lowest BCUT2D eigenvalue weighted by Crippen LogP contribution is -2.20. The van der Waals surface area contributed by atoms with Crippen molar-refractivity contribution < 1.29 is 9.47 Å². The van der Waals surface area contributed by atoms with Crippen LogP contribution in [0.3, 0.4) is 0 Å². The first-order valence-corrected chi connectivity index (χ1v) is 11.6. The number of benzene rings is 3. The minimum atomic E-state index is -0.229. The Morgan fingerprint density at radius 1 is 0.865 bits per heavy atom. The highest BCUT2D eigenvalue weighted by atomic mass is 16.5. The fourth-order valence-electron chi connectivity index (χ4n) is 4.32. The first-order valence-electron chi connectivity index (χ1n) is 11.6. The van der Waals surface area contributed by atoms with Crippen LogP contribution >= 0.6 is 0 Å². The van der Waals surface area contributed by atoms with E-state index in [0.29, 0.717) is 33.6 Å². The van der Waals surface area contributed by atoms with Gasteiger partial charge in [0.25, 0.3) is 5.56 Å². The fourth-order valence-corrected chi connectivity index (χ4v) is 4.32. The number of nitrogens with zero attached hydrogens (tertiary/aromatic N) is 4. The molecule has 0 aliphatic heterocycles. The second-order valence-electron chi connectivity index (χ2n) is 8.35. The Hall–Kier alpha value is -5.18. The predicted octanol–water partition coefficient (Wildman–Crippen LogP) is 5.08. The second-order valence-corrected chi connectivity index (χ2v) is 8.35. The summed E-state index contributed by atoms with van der Waals surface area (Å²) in [7, 11) is 3.26. The van der Waals surface area contributed by atoms with Crippen molar-refractivity contribution in [3.05, 3.63) is 95.5 Å². The molecule has 0 fully saturated rings. The molecule has 0 amide bonds. The summed E-state index contributed by atoms with van der Waals surface area (Å²) >= 11 is 0.